The third-order valence-electron chi connectivity index (χ3n) is 3.51. The lowest BCUT2D eigenvalue weighted by Gasteiger charge is -2.27. The van der Waals surface area contributed by atoms with Crippen molar-refractivity contribution in [2.24, 2.45) is 0 Å². The fourth-order valence-electron chi connectivity index (χ4n) is 2.42. The monoisotopic (exact) mass is 292 g/mol. The number of nitrogens with one attached hydrogen (secondary N) is 2. The zero-order valence-electron chi connectivity index (χ0n) is 11.8. The third kappa shape index (κ3) is 3.86. The summed E-state index contributed by atoms with van der Waals surface area (Å²) in [5, 5.41) is 6.09. The molecule has 2 heterocycles. The Balaban J connectivity index is 1.42. The second-order valence-corrected chi connectivity index (χ2v) is 5.20. The molecule has 2 unspecified atom stereocenters. The molecule has 6 nitrogen and oxygen atoms in total. The Morgan fingerprint density at radius 2 is 2.14 bits per heavy atom. The van der Waals surface area contributed by atoms with Crippen LogP contribution in [0.3, 0.4) is 0 Å². The number of amides is 1. The first kappa shape index (κ1) is 14.2. The molecular weight excluding hydrogens is 272 g/mol. The quantitative estimate of drug-likeness (QED) is 0.836. The Labute approximate surface area is 123 Å². The van der Waals surface area contributed by atoms with Gasteiger partial charge in [0, 0.05) is 13.1 Å². The van der Waals surface area contributed by atoms with Crippen LogP contribution in [0.5, 0.6) is 11.5 Å². The molecule has 0 spiro atoms. The van der Waals surface area contributed by atoms with Crippen molar-refractivity contribution in [3.8, 4) is 11.5 Å². The van der Waals surface area contributed by atoms with E-state index in [0.717, 1.165) is 24.6 Å². The van der Waals surface area contributed by atoms with Gasteiger partial charge in [0.05, 0.1) is 25.7 Å². The van der Waals surface area contributed by atoms with Gasteiger partial charge in [-0.05, 0) is 12.1 Å². The molecule has 1 aromatic rings. The average molecular weight is 292 g/mol. The van der Waals surface area contributed by atoms with E-state index in [-0.39, 0.29) is 18.1 Å². The number of fused-ring (bicyclic) bond motifs is 1. The Morgan fingerprint density at radius 3 is 2.95 bits per heavy atom. The topological polar surface area (TPSA) is 68.8 Å². The molecule has 0 radical (unpaired) electrons. The maximum atomic E-state index is 11.9. The van der Waals surface area contributed by atoms with Gasteiger partial charge in [0.25, 0.3) is 0 Å². The van der Waals surface area contributed by atoms with E-state index >= 15 is 0 Å². The second-order valence-electron chi connectivity index (χ2n) is 5.20. The summed E-state index contributed by atoms with van der Waals surface area (Å²) in [5.74, 6) is 1.45. The van der Waals surface area contributed by atoms with Crippen molar-refractivity contribution < 1.29 is 19.0 Å². The molecule has 0 bridgehead atoms. The average Bonchev–Trinajstić information content (AvgIpc) is 2.54. The number of hydrogen-bond donors (Lipinski definition) is 2. The smallest absolute Gasteiger partial charge is 0.222 e. The maximum absolute atomic E-state index is 11.9. The summed E-state index contributed by atoms with van der Waals surface area (Å²) < 4.78 is 16.9. The normalized spacial score (nSPS) is 24.4. The van der Waals surface area contributed by atoms with Crippen LogP contribution in [0.25, 0.3) is 0 Å². The van der Waals surface area contributed by atoms with E-state index in [1.807, 2.05) is 24.3 Å². The van der Waals surface area contributed by atoms with Crippen LogP contribution in [0.4, 0.5) is 0 Å². The fraction of sp³-hybridized carbons (Fsp3) is 0.533. The minimum absolute atomic E-state index is 0.0221. The number of carbonyl (C=O) groups excluding carboxylic acids is 1. The number of morpholine rings is 1. The first-order valence-electron chi connectivity index (χ1n) is 7.29. The van der Waals surface area contributed by atoms with Crippen LogP contribution in [-0.2, 0) is 9.53 Å². The number of ether oxygens (including phenoxy) is 3. The molecule has 1 amide bonds. The van der Waals surface area contributed by atoms with Gasteiger partial charge in [-0.3, -0.25) is 4.79 Å². The van der Waals surface area contributed by atoms with Gasteiger partial charge in [0.15, 0.2) is 11.5 Å². The molecule has 0 aliphatic carbocycles. The van der Waals surface area contributed by atoms with E-state index in [4.69, 9.17) is 14.2 Å². The van der Waals surface area contributed by atoms with Crippen LogP contribution in [0.2, 0.25) is 0 Å². The molecule has 0 saturated carbocycles. The Bertz CT molecular complexity index is 488. The van der Waals surface area contributed by atoms with Crippen LogP contribution in [0.15, 0.2) is 24.3 Å². The third-order valence-corrected chi connectivity index (χ3v) is 3.51. The van der Waals surface area contributed by atoms with Gasteiger partial charge in [-0.1, -0.05) is 12.1 Å². The second kappa shape index (κ2) is 6.78. The van der Waals surface area contributed by atoms with E-state index < -0.39 is 0 Å². The van der Waals surface area contributed by atoms with Gasteiger partial charge in [-0.2, -0.15) is 0 Å². The molecule has 0 aromatic heterocycles. The Morgan fingerprint density at radius 1 is 1.29 bits per heavy atom. The number of benzene rings is 1. The minimum Gasteiger partial charge on any atom is -0.486 e. The molecule has 6 heteroatoms. The van der Waals surface area contributed by atoms with Gasteiger partial charge < -0.3 is 24.8 Å². The summed E-state index contributed by atoms with van der Waals surface area (Å²) in [6.07, 6.45) is 0.175. The predicted molar refractivity (Wildman–Crippen MR) is 76.6 cm³/mol. The van der Waals surface area contributed by atoms with Crippen molar-refractivity contribution in [3.63, 3.8) is 0 Å². The van der Waals surface area contributed by atoms with Gasteiger partial charge in [0.1, 0.15) is 12.7 Å². The highest BCUT2D eigenvalue weighted by atomic mass is 16.6. The van der Waals surface area contributed by atoms with Gasteiger partial charge in [0.2, 0.25) is 5.91 Å². The molecule has 2 N–H and O–H groups in total. The van der Waals surface area contributed by atoms with E-state index in [2.05, 4.69) is 10.6 Å². The highest BCUT2D eigenvalue weighted by molar-refractivity contribution is 5.76. The summed E-state index contributed by atoms with van der Waals surface area (Å²) in [6.45, 7) is 3.12. The standard InChI is InChI=1S/C15H20N2O4/c18-15(7-11-8-16-5-6-19-11)17-9-12-10-20-13-3-1-2-4-14(13)21-12/h1-4,11-12,16H,5-10H2,(H,17,18). The van der Waals surface area contributed by atoms with Crippen molar-refractivity contribution in [3.05, 3.63) is 24.3 Å². The lowest BCUT2D eigenvalue weighted by atomic mass is 10.2. The maximum Gasteiger partial charge on any atom is 0.222 e. The molecule has 3 rings (SSSR count). The largest absolute Gasteiger partial charge is 0.486 e. The van der Waals surface area contributed by atoms with Crippen LogP contribution in [0, 0.1) is 0 Å². The minimum atomic E-state index is -0.158. The SMILES string of the molecule is O=C(CC1CNCCO1)NCC1COc2ccccc2O1. The van der Waals surface area contributed by atoms with Crippen molar-refractivity contribution in [2.75, 3.05) is 32.8 Å². The summed E-state index contributed by atoms with van der Waals surface area (Å²) in [6, 6.07) is 7.54. The first-order valence-corrected chi connectivity index (χ1v) is 7.29. The van der Waals surface area contributed by atoms with Crippen molar-refractivity contribution in [1.82, 2.24) is 10.6 Å². The molecule has 1 saturated heterocycles. The van der Waals surface area contributed by atoms with Crippen molar-refractivity contribution in [1.29, 1.82) is 0 Å². The highest BCUT2D eigenvalue weighted by Gasteiger charge is 2.22. The summed E-state index contributed by atoms with van der Waals surface area (Å²) in [5.41, 5.74) is 0. The molecule has 21 heavy (non-hydrogen) atoms. The lowest BCUT2D eigenvalue weighted by molar-refractivity contribution is -0.125. The van der Waals surface area contributed by atoms with Crippen molar-refractivity contribution >= 4 is 5.91 Å². The molecule has 2 aliphatic rings. The summed E-state index contributed by atoms with van der Waals surface area (Å²) >= 11 is 0. The molecule has 114 valence electrons. The highest BCUT2D eigenvalue weighted by Crippen LogP contribution is 2.30. The number of para-hydroxylation sites is 2. The van der Waals surface area contributed by atoms with E-state index in [1.54, 1.807) is 0 Å². The fourth-order valence-corrected chi connectivity index (χ4v) is 2.42. The van der Waals surface area contributed by atoms with Crippen LogP contribution < -0.4 is 20.1 Å². The van der Waals surface area contributed by atoms with Crippen LogP contribution >= 0.6 is 0 Å². The van der Waals surface area contributed by atoms with Crippen molar-refractivity contribution in [2.45, 2.75) is 18.6 Å². The van der Waals surface area contributed by atoms with E-state index in [9.17, 15) is 4.79 Å². The Kier molecular flexibility index (Phi) is 4.57. The molecule has 2 atom stereocenters. The van der Waals surface area contributed by atoms with Crippen LogP contribution in [0.1, 0.15) is 6.42 Å². The zero-order valence-corrected chi connectivity index (χ0v) is 11.8. The van der Waals surface area contributed by atoms with Gasteiger partial charge >= 0.3 is 0 Å². The lowest BCUT2D eigenvalue weighted by Crippen LogP contribution is -2.44. The Hall–Kier alpha value is -1.79. The first-order chi connectivity index (χ1) is 10.3. The van der Waals surface area contributed by atoms with E-state index in [1.165, 1.54) is 0 Å². The summed E-state index contributed by atoms with van der Waals surface area (Å²) in [4.78, 5) is 11.9. The predicted octanol–water partition coefficient (Wildman–Crippen LogP) is 0.321. The van der Waals surface area contributed by atoms with Gasteiger partial charge in [-0.15, -0.1) is 0 Å². The molecule has 1 aromatic carbocycles. The molecular formula is C15H20N2O4. The molecule has 1 fully saturated rings. The van der Waals surface area contributed by atoms with Gasteiger partial charge in [-0.25, -0.2) is 0 Å². The zero-order chi connectivity index (χ0) is 14.5. The number of rotatable bonds is 4. The number of hydrogen-bond acceptors (Lipinski definition) is 5. The number of carbonyl (C=O) groups is 1. The summed E-state index contributed by atoms with van der Waals surface area (Å²) in [7, 11) is 0. The van der Waals surface area contributed by atoms with Crippen LogP contribution in [-0.4, -0.2) is 51.0 Å². The van der Waals surface area contributed by atoms with E-state index in [0.29, 0.717) is 26.2 Å². The molecule has 2 aliphatic heterocycles.